The first-order valence-corrected chi connectivity index (χ1v) is 4.90. The van der Waals surface area contributed by atoms with E-state index in [1.165, 1.54) is 0 Å². The van der Waals surface area contributed by atoms with Crippen molar-refractivity contribution in [3.05, 3.63) is 17.1 Å². The fourth-order valence-corrected chi connectivity index (χ4v) is 1.60. The predicted octanol–water partition coefficient (Wildman–Crippen LogP) is 1.53. The van der Waals surface area contributed by atoms with Gasteiger partial charge in [-0.05, 0) is 26.7 Å². The van der Waals surface area contributed by atoms with E-state index in [0.29, 0.717) is 5.82 Å². The molecular weight excluding hydrogens is 178 g/mol. The summed E-state index contributed by atoms with van der Waals surface area (Å²) in [5.41, 5.74) is 7.69. The van der Waals surface area contributed by atoms with Gasteiger partial charge in [0.2, 0.25) is 0 Å². The Bertz CT molecular complexity index is 322. The number of hydrogen-bond acceptors (Lipinski definition) is 4. The van der Waals surface area contributed by atoms with Crippen LogP contribution in [0.5, 0.6) is 0 Å². The predicted molar refractivity (Wildman–Crippen MR) is 53.8 cm³/mol. The molecule has 2 heterocycles. The zero-order valence-corrected chi connectivity index (χ0v) is 8.58. The van der Waals surface area contributed by atoms with Crippen LogP contribution in [-0.2, 0) is 4.74 Å². The molecule has 1 atom stereocenters. The molecular formula is C10H15N3O. The SMILES string of the molecule is Cc1nc(C2CCCO2)nc(N)c1C. The van der Waals surface area contributed by atoms with E-state index in [0.717, 1.165) is 36.5 Å². The van der Waals surface area contributed by atoms with Gasteiger partial charge in [0, 0.05) is 17.9 Å². The highest BCUT2D eigenvalue weighted by Gasteiger charge is 2.21. The Morgan fingerprint density at radius 3 is 2.71 bits per heavy atom. The average molecular weight is 193 g/mol. The van der Waals surface area contributed by atoms with Crippen molar-refractivity contribution in [1.29, 1.82) is 0 Å². The van der Waals surface area contributed by atoms with Crippen LogP contribution >= 0.6 is 0 Å². The zero-order chi connectivity index (χ0) is 10.1. The first-order valence-electron chi connectivity index (χ1n) is 4.90. The van der Waals surface area contributed by atoms with Crippen LogP contribution in [0.3, 0.4) is 0 Å². The summed E-state index contributed by atoms with van der Waals surface area (Å²) < 4.78 is 5.51. The summed E-state index contributed by atoms with van der Waals surface area (Å²) in [5, 5.41) is 0. The number of anilines is 1. The van der Waals surface area contributed by atoms with Crippen molar-refractivity contribution < 1.29 is 4.74 Å². The third-order valence-corrected chi connectivity index (χ3v) is 2.66. The molecule has 1 aliphatic rings. The Morgan fingerprint density at radius 2 is 2.14 bits per heavy atom. The molecule has 0 radical (unpaired) electrons. The number of rotatable bonds is 1. The molecule has 0 aliphatic carbocycles. The normalized spacial score (nSPS) is 21.4. The van der Waals surface area contributed by atoms with Gasteiger partial charge in [-0.1, -0.05) is 0 Å². The van der Waals surface area contributed by atoms with Gasteiger partial charge < -0.3 is 10.5 Å². The average Bonchev–Trinajstić information content (AvgIpc) is 2.66. The minimum Gasteiger partial charge on any atom is -0.383 e. The van der Waals surface area contributed by atoms with Crippen molar-refractivity contribution in [3.8, 4) is 0 Å². The van der Waals surface area contributed by atoms with E-state index < -0.39 is 0 Å². The van der Waals surface area contributed by atoms with Crippen LogP contribution < -0.4 is 5.73 Å². The maximum absolute atomic E-state index is 5.78. The van der Waals surface area contributed by atoms with Crippen LogP contribution in [0.15, 0.2) is 0 Å². The largest absolute Gasteiger partial charge is 0.383 e. The summed E-state index contributed by atoms with van der Waals surface area (Å²) in [4.78, 5) is 8.66. The molecule has 1 aromatic rings. The van der Waals surface area contributed by atoms with Gasteiger partial charge >= 0.3 is 0 Å². The molecule has 2 rings (SSSR count). The molecule has 1 saturated heterocycles. The Morgan fingerprint density at radius 1 is 1.36 bits per heavy atom. The van der Waals surface area contributed by atoms with Crippen LogP contribution in [-0.4, -0.2) is 16.6 Å². The summed E-state index contributed by atoms with van der Waals surface area (Å²) in [5.74, 6) is 1.31. The molecule has 1 fully saturated rings. The number of aryl methyl sites for hydroxylation is 1. The summed E-state index contributed by atoms with van der Waals surface area (Å²) >= 11 is 0. The summed E-state index contributed by atoms with van der Waals surface area (Å²) in [7, 11) is 0. The molecule has 14 heavy (non-hydrogen) atoms. The maximum Gasteiger partial charge on any atom is 0.159 e. The smallest absolute Gasteiger partial charge is 0.159 e. The molecule has 1 unspecified atom stereocenters. The van der Waals surface area contributed by atoms with Crippen molar-refractivity contribution in [2.75, 3.05) is 12.3 Å². The van der Waals surface area contributed by atoms with E-state index in [2.05, 4.69) is 9.97 Å². The number of nitrogen functional groups attached to an aromatic ring is 1. The van der Waals surface area contributed by atoms with E-state index >= 15 is 0 Å². The molecule has 1 aliphatic heterocycles. The van der Waals surface area contributed by atoms with E-state index in [-0.39, 0.29) is 6.10 Å². The number of ether oxygens (including phenoxy) is 1. The Labute approximate surface area is 83.5 Å². The van der Waals surface area contributed by atoms with Crippen molar-refractivity contribution in [3.63, 3.8) is 0 Å². The van der Waals surface area contributed by atoms with Crippen LogP contribution in [0, 0.1) is 13.8 Å². The van der Waals surface area contributed by atoms with Gasteiger partial charge in [-0.25, -0.2) is 9.97 Å². The van der Waals surface area contributed by atoms with Gasteiger partial charge in [0.25, 0.3) is 0 Å². The molecule has 2 N–H and O–H groups in total. The summed E-state index contributed by atoms with van der Waals surface area (Å²) in [6, 6.07) is 0. The molecule has 0 amide bonds. The van der Waals surface area contributed by atoms with Gasteiger partial charge in [0.05, 0.1) is 0 Å². The minimum atomic E-state index is 0.0524. The van der Waals surface area contributed by atoms with Crippen LogP contribution in [0.2, 0.25) is 0 Å². The number of hydrogen-bond donors (Lipinski definition) is 1. The van der Waals surface area contributed by atoms with Crippen molar-refractivity contribution in [2.45, 2.75) is 32.8 Å². The molecule has 0 saturated carbocycles. The molecule has 4 nitrogen and oxygen atoms in total. The van der Waals surface area contributed by atoms with Gasteiger partial charge in [0.1, 0.15) is 11.9 Å². The highest BCUT2D eigenvalue weighted by molar-refractivity contribution is 5.40. The number of nitrogens with two attached hydrogens (primary N) is 1. The highest BCUT2D eigenvalue weighted by atomic mass is 16.5. The van der Waals surface area contributed by atoms with Crippen molar-refractivity contribution >= 4 is 5.82 Å². The maximum atomic E-state index is 5.78. The third-order valence-electron chi connectivity index (χ3n) is 2.66. The fourth-order valence-electron chi connectivity index (χ4n) is 1.60. The number of nitrogens with zero attached hydrogens (tertiary/aromatic N) is 2. The topological polar surface area (TPSA) is 61.0 Å². The molecule has 0 aromatic carbocycles. The van der Waals surface area contributed by atoms with Gasteiger partial charge in [-0.2, -0.15) is 0 Å². The van der Waals surface area contributed by atoms with Crippen LogP contribution in [0.25, 0.3) is 0 Å². The van der Waals surface area contributed by atoms with E-state index in [1.807, 2.05) is 13.8 Å². The standard InChI is InChI=1S/C10H15N3O/c1-6-7(2)12-10(13-9(6)11)8-4-3-5-14-8/h8H,3-5H2,1-2H3,(H2,11,12,13). The lowest BCUT2D eigenvalue weighted by molar-refractivity contribution is 0.105. The zero-order valence-electron chi connectivity index (χ0n) is 8.58. The third kappa shape index (κ3) is 1.57. The van der Waals surface area contributed by atoms with Gasteiger partial charge in [0.15, 0.2) is 5.82 Å². The van der Waals surface area contributed by atoms with E-state index in [9.17, 15) is 0 Å². The summed E-state index contributed by atoms with van der Waals surface area (Å²) in [6.45, 7) is 4.69. The quantitative estimate of drug-likeness (QED) is 0.734. The fraction of sp³-hybridized carbons (Fsp3) is 0.600. The molecule has 0 spiro atoms. The van der Waals surface area contributed by atoms with Gasteiger partial charge in [-0.15, -0.1) is 0 Å². The van der Waals surface area contributed by atoms with Gasteiger partial charge in [-0.3, -0.25) is 0 Å². The van der Waals surface area contributed by atoms with Crippen LogP contribution in [0.4, 0.5) is 5.82 Å². The lowest BCUT2D eigenvalue weighted by Gasteiger charge is -2.11. The molecule has 1 aromatic heterocycles. The molecule has 76 valence electrons. The lowest BCUT2D eigenvalue weighted by atomic mass is 10.2. The lowest BCUT2D eigenvalue weighted by Crippen LogP contribution is -2.08. The second-order valence-electron chi connectivity index (χ2n) is 3.68. The Kier molecular flexibility index (Phi) is 2.37. The second kappa shape index (κ2) is 3.53. The van der Waals surface area contributed by atoms with Crippen molar-refractivity contribution in [1.82, 2.24) is 9.97 Å². The monoisotopic (exact) mass is 193 g/mol. The Balaban J connectivity index is 2.34. The Hall–Kier alpha value is -1.16. The summed E-state index contributed by atoms with van der Waals surface area (Å²) in [6.07, 6.45) is 2.14. The second-order valence-corrected chi connectivity index (χ2v) is 3.68. The first kappa shape index (κ1) is 9.40. The minimum absolute atomic E-state index is 0.0524. The highest BCUT2D eigenvalue weighted by Crippen LogP contribution is 2.27. The van der Waals surface area contributed by atoms with Crippen molar-refractivity contribution in [2.24, 2.45) is 0 Å². The van der Waals surface area contributed by atoms with E-state index in [1.54, 1.807) is 0 Å². The van der Waals surface area contributed by atoms with Crippen LogP contribution in [0.1, 0.15) is 36.0 Å². The number of aromatic nitrogens is 2. The first-order chi connectivity index (χ1) is 6.68. The van der Waals surface area contributed by atoms with E-state index in [4.69, 9.17) is 10.5 Å². The molecule has 0 bridgehead atoms. The molecule has 4 heteroatoms.